The van der Waals surface area contributed by atoms with Gasteiger partial charge in [0.15, 0.2) is 6.10 Å². The standard InChI is InChI=1S/C22H25FN2O3/c1-15(2)22(26)25(13-16-8-10-17(23)11-9-16)14-18-12-20(24-28-18)19-6-4-5-7-21(19)27-3/h4-11,15,18H,12-14H2,1-3H3/t18-/m1/s1. The average molecular weight is 384 g/mol. The van der Waals surface area contributed by atoms with Crippen LogP contribution in [0, 0.1) is 11.7 Å². The Morgan fingerprint density at radius 3 is 2.64 bits per heavy atom. The number of carbonyl (C=O) groups is 1. The summed E-state index contributed by atoms with van der Waals surface area (Å²) in [6.45, 7) is 4.55. The van der Waals surface area contributed by atoms with Crippen LogP contribution in [0.1, 0.15) is 31.4 Å². The van der Waals surface area contributed by atoms with Gasteiger partial charge in [-0.3, -0.25) is 4.79 Å². The van der Waals surface area contributed by atoms with Crippen molar-refractivity contribution in [2.45, 2.75) is 32.9 Å². The maximum absolute atomic E-state index is 13.2. The van der Waals surface area contributed by atoms with Gasteiger partial charge in [0.25, 0.3) is 0 Å². The zero-order valence-electron chi connectivity index (χ0n) is 16.4. The molecule has 1 atom stereocenters. The van der Waals surface area contributed by atoms with Crippen LogP contribution < -0.4 is 4.74 Å². The quantitative estimate of drug-likeness (QED) is 0.725. The highest BCUT2D eigenvalue weighted by atomic mass is 19.1. The van der Waals surface area contributed by atoms with Gasteiger partial charge in [-0.15, -0.1) is 0 Å². The van der Waals surface area contributed by atoms with Crippen molar-refractivity contribution in [3.8, 4) is 5.75 Å². The number of rotatable bonds is 7. The van der Waals surface area contributed by atoms with E-state index in [1.807, 2.05) is 38.1 Å². The number of halogens is 1. The predicted octanol–water partition coefficient (Wildman–Crippen LogP) is 4.01. The lowest BCUT2D eigenvalue weighted by atomic mass is 10.0. The normalized spacial score (nSPS) is 15.9. The van der Waals surface area contributed by atoms with E-state index in [4.69, 9.17) is 9.57 Å². The first-order valence-electron chi connectivity index (χ1n) is 9.37. The largest absolute Gasteiger partial charge is 0.496 e. The monoisotopic (exact) mass is 384 g/mol. The Labute approximate surface area is 164 Å². The van der Waals surface area contributed by atoms with Gasteiger partial charge in [-0.1, -0.05) is 43.3 Å². The van der Waals surface area contributed by atoms with Gasteiger partial charge >= 0.3 is 0 Å². The molecule has 0 spiro atoms. The molecular weight excluding hydrogens is 359 g/mol. The Kier molecular flexibility index (Phi) is 6.29. The fraction of sp³-hybridized carbons (Fsp3) is 0.364. The highest BCUT2D eigenvalue weighted by Crippen LogP contribution is 2.25. The van der Waals surface area contributed by atoms with E-state index in [2.05, 4.69) is 5.16 Å². The summed E-state index contributed by atoms with van der Waals surface area (Å²) in [5.74, 6) is 0.335. The number of hydrogen-bond acceptors (Lipinski definition) is 4. The van der Waals surface area contributed by atoms with Crippen LogP contribution in [0.15, 0.2) is 53.7 Å². The third-order valence-electron chi connectivity index (χ3n) is 4.67. The van der Waals surface area contributed by atoms with Gasteiger partial charge in [-0.2, -0.15) is 0 Å². The molecule has 5 nitrogen and oxygen atoms in total. The maximum atomic E-state index is 13.2. The molecule has 0 N–H and O–H groups in total. The minimum atomic E-state index is -0.292. The Morgan fingerprint density at radius 2 is 1.96 bits per heavy atom. The third-order valence-corrected chi connectivity index (χ3v) is 4.67. The second-order valence-electron chi connectivity index (χ2n) is 7.17. The molecule has 1 aliphatic heterocycles. The molecule has 0 unspecified atom stereocenters. The van der Waals surface area contributed by atoms with Crippen LogP contribution in [-0.2, 0) is 16.2 Å². The van der Waals surface area contributed by atoms with Crippen molar-refractivity contribution in [1.29, 1.82) is 0 Å². The number of oxime groups is 1. The predicted molar refractivity (Wildman–Crippen MR) is 106 cm³/mol. The zero-order chi connectivity index (χ0) is 20.1. The Balaban J connectivity index is 1.70. The molecule has 6 heteroatoms. The highest BCUT2D eigenvalue weighted by Gasteiger charge is 2.28. The molecule has 3 rings (SSSR count). The van der Waals surface area contributed by atoms with Gasteiger partial charge < -0.3 is 14.5 Å². The number of ether oxygens (including phenoxy) is 1. The molecule has 1 amide bonds. The zero-order valence-corrected chi connectivity index (χ0v) is 16.4. The van der Waals surface area contributed by atoms with Crippen LogP contribution >= 0.6 is 0 Å². The maximum Gasteiger partial charge on any atom is 0.225 e. The number of para-hydroxylation sites is 1. The number of hydrogen-bond donors (Lipinski definition) is 0. The lowest BCUT2D eigenvalue weighted by molar-refractivity contribution is -0.136. The summed E-state index contributed by atoms with van der Waals surface area (Å²) in [5, 5.41) is 4.22. The molecule has 1 heterocycles. The van der Waals surface area contributed by atoms with E-state index in [0.717, 1.165) is 22.6 Å². The Morgan fingerprint density at radius 1 is 1.25 bits per heavy atom. The summed E-state index contributed by atoms with van der Waals surface area (Å²) in [6.07, 6.45) is 0.356. The summed E-state index contributed by atoms with van der Waals surface area (Å²) in [7, 11) is 1.62. The molecule has 0 aromatic heterocycles. The molecule has 0 saturated carbocycles. The Hall–Kier alpha value is -2.89. The summed E-state index contributed by atoms with van der Waals surface area (Å²) >= 11 is 0. The molecule has 0 aliphatic carbocycles. The molecule has 0 saturated heterocycles. The van der Waals surface area contributed by atoms with E-state index in [-0.39, 0.29) is 23.7 Å². The van der Waals surface area contributed by atoms with Crippen LogP contribution in [0.4, 0.5) is 4.39 Å². The Bertz CT molecular complexity index is 849. The van der Waals surface area contributed by atoms with Crippen molar-refractivity contribution in [3.63, 3.8) is 0 Å². The fourth-order valence-electron chi connectivity index (χ4n) is 3.22. The van der Waals surface area contributed by atoms with E-state index in [9.17, 15) is 9.18 Å². The van der Waals surface area contributed by atoms with Gasteiger partial charge in [-0.05, 0) is 29.8 Å². The fourth-order valence-corrected chi connectivity index (χ4v) is 3.22. The minimum absolute atomic E-state index is 0.0265. The van der Waals surface area contributed by atoms with Crippen molar-refractivity contribution in [2.75, 3.05) is 13.7 Å². The second kappa shape index (κ2) is 8.87. The first-order chi connectivity index (χ1) is 13.5. The summed E-state index contributed by atoms with van der Waals surface area (Å²) in [6, 6.07) is 13.9. The molecule has 148 valence electrons. The summed E-state index contributed by atoms with van der Waals surface area (Å²) < 4.78 is 18.6. The van der Waals surface area contributed by atoms with Crippen molar-refractivity contribution in [2.24, 2.45) is 11.1 Å². The van der Waals surface area contributed by atoms with Gasteiger partial charge in [0.05, 0.1) is 19.4 Å². The first kappa shape index (κ1) is 19.9. The number of carbonyl (C=O) groups excluding carboxylic acids is 1. The number of benzene rings is 2. The van der Waals surface area contributed by atoms with Crippen LogP contribution in [-0.4, -0.2) is 36.3 Å². The van der Waals surface area contributed by atoms with E-state index in [0.29, 0.717) is 19.5 Å². The van der Waals surface area contributed by atoms with Crippen molar-refractivity contribution in [1.82, 2.24) is 4.90 Å². The molecule has 0 bridgehead atoms. The van der Waals surface area contributed by atoms with Crippen LogP contribution in [0.5, 0.6) is 5.75 Å². The second-order valence-corrected chi connectivity index (χ2v) is 7.17. The van der Waals surface area contributed by atoms with Gasteiger partial charge in [-0.25, -0.2) is 4.39 Å². The topological polar surface area (TPSA) is 51.1 Å². The summed E-state index contributed by atoms with van der Waals surface area (Å²) in [4.78, 5) is 20.1. The summed E-state index contributed by atoms with van der Waals surface area (Å²) in [5.41, 5.74) is 2.58. The van der Waals surface area contributed by atoms with Crippen molar-refractivity contribution in [3.05, 3.63) is 65.5 Å². The lowest BCUT2D eigenvalue weighted by Gasteiger charge is -2.26. The van der Waals surface area contributed by atoms with Crippen LogP contribution in [0.25, 0.3) is 0 Å². The van der Waals surface area contributed by atoms with E-state index < -0.39 is 0 Å². The van der Waals surface area contributed by atoms with Crippen LogP contribution in [0.2, 0.25) is 0 Å². The molecule has 1 aliphatic rings. The van der Waals surface area contributed by atoms with E-state index in [1.54, 1.807) is 24.1 Å². The smallest absolute Gasteiger partial charge is 0.225 e. The molecule has 28 heavy (non-hydrogen) atoms. The number of nitrogens with zero attached hydrogens (tertiary/aromatic N) is 2. The van der Waals surface area contributed by atoms with Crippen molar-refractivity contribution < 1.29 is 18.8 Å². The lowest BCUT2D eigenvalue weighted by Crippen LogP contribution is -2.39. The SMILES string of the molecule is COc1ccccc1C1=NO[C@@H](CN(Cc2ccc(F)cc2)C(=O)C(C)C)C1. The van der Waals surface area contributed by atoms with Gasteiger partial charge in [0, 0.05) is 24.4 Å². The van der Waals surface area contributed by atoms with Crippen molar-refractivity contribution >= 4 is 11.6 Å². The first-order valence-corrected chi connectivity index (χ1v) is 9.37. The van der Waals surface area contributed by atoms with E-state index in [1.165, 1.54) is 12.1 Å². The molecule has 2 aromatic rings. The molecule has 0 radical (unpaired) electrons. The van der Waals surface area contributed by atoms with Crippen LogP contribution in [0.3, 0.4) is 0 Å². The number of amides is 1. The third kappa shape index (κ3) is 4.68. The number of methoxy groups -OCH3 is 1. The highest BCUT2D eigenvalue weighted by molar-refractivity contribution is 6.03. The average Bonchev–Trinajstić information content (AvgIpc) is 3.16. The molecule has 2 aromatic carbocycles. The van der Waals surface area contributed by atoms with Gasteiger partial charge in [0.1, 0.15) is 11.6 Å². The minimum Gasteiger partial charge on any atom is -0.496 e. The van der Waals surface area contributed by atoms with Gasteiger partial charge in [0.2, 0.25) is 5.91 Å². The molecular formula is C22H25FN2O3. The van der Waals surface area contributed by atoms with E-state index >= 15 is 0 Å². The molecule has 0 fully saturated rings.